The summed E-state index contributed by atoms with van der Waals surface area (Å²) in [5.74, 6) is 0. The van der Waals surface area contributed by atoms with Crippen molar-refractivity contribution >= 4 is 39.7 Å². The average molecular weight is 404 g/mol. The van der Waals surface area contributed by atoms with Crippen molar-refractivity contribution in [3.8, 4) is 0 Å². The molecule has 74 valence electrons. The Morgan fingerprint density at radius 3 is 2.08 bits per heavy atom. The molecule has 6 N–H and O–H groups in total. The third-order valence-corrected chi connectivity index (χ3v) is 6.51. The fraction of sp³-hybridized carbons (Fsp3) is 0.250. The molecule has 0 aliphatic rings. The summed E-state index contributed by atoms with van der Waals surface area (Å²) in [5, 5.41) is 0. The summed E-state index contributed by atoms with van der Waals surface area (Å²) in [7, 11) is 0. The summed E-state index contributed by atoms with van der Waals surface area (Å²) >= 11 is 2.24. The number of hydrogen-bond acceptors (Lipinski definition) is 3. The Morgan fingerprint density at radius 1 is 1.08 bits per heavy atom. The normalized spacial score (nSPS) is 10.7. The maximum atomic E-state index is 5.88. The zero-order valence-corrected chi connectivity index (χ0v) is 11.8. The van der Waals surface area contributed by atoms with Gasteiger partial charge in [-0.15, -0.1) is 0 Å². The molecular formula is C8H12I2N3-. The Balaban J connectivity index is 3.56. The average Bonchev–Trinajstić information content (AvgIpc) is 2.13. The number of nitrogens with two attached hydrogens (primary N) is 3. The molecule has 0 saturated carbocycles. The summed E-state index contributed by atoms with van der Waals surface area (Å²) in [4.78, 5) is 2.17. The number of halogens is 2. The standard InChI is InChI=1S/C8H12I2N3/c1-3-4(9)5(10-2)7(12)8(13)6(3)11/h11-13H2,1-2H3/q-1. The molecule has 0 aliphatic carbocycles. The molecule has 0 fully saturated rings. The van der Waals surface area contributed by atoms with Crippen molar-refractivity contribution in [1.82, 2.24) is 0 Å². The molecule has 0 bridgehead atoms. The number of alkyl halides is 1. The second-order valence-corrected chi connectivity index (χ2v) is 5.92. The maximum absolute atomic E-state index is 5.88. The third kappa shape index (κ3) is 1.80. The number of anilines is 3. The first kappa shape index (κ1) is 11.2. The molecule has 0 radical (unpaired) electrons. The van der Waals surface area contributed by atoms with Crippen molar-refractivity contribution in [2.45, 2.75) is 6.92 Å². The number of nitrogen functional groups attached to an aromatic ring is 3. The van der Waals surface area contributed by atoms with Crippen LogP contribution in [0.4, 0.5) is 17.1 Å². The van der Waals surface area contributed by atoms with Gasteiger partial charge >= 0.3 is 103 Å². The molecule has 13 heavy (non-hydrogen) atoms. The van der Waals surface area contributed by atoms with Crippen LogP contribution in [-0.4, -0.2) is 4.93 Å². The number of hydrogen-bond donors (Lipinski definition) is 3. The van der Waals surface area contributed by atoms with Crippen LogP contribution in [0.3, 0.4) is 0 Å². The van der Waals surface area contributed by atoms with E-state index in [1.807, 2.05) is 6.92 Å². The quantitative estimate of drug-likeness (QED) is 0.295. The van der Waals surface area contributed by atoms with E-state index < -0.39 is 0 Å². The van der Waals surface area contributed by atoms with E-state index in [4.69, 9.17) is 17.2 Å². The zero-order chi connectivity index (χ0) is 10.2. The predicted molar refractivity (Wildman–Crippen MR) is 61.8 cm³/mol. The van der Waals surface area contributed by atoms with E-state index in [0.717, 1.165) is 5.56 Å². The molecule has 1 rings (SSSR count). The zero-order valence-electron chi connectivity index (χ0n) is 7.49. The Labute approximate surface area is 102 Å². The van der Waals surface area contributed by atoms with Crippen LogP contribution in [0, 0.1) is 14.1 Å². The predicted octanol–water partition coefficient (Wildman–Crippen LogP) is -1.77. The van der Waals surface area contributed by atoms with Crippen molar-refractivity contribution in [2.75, 3.05) is 22.1 Å². The summed E-state index contributed by atoms with van der Waals surface area (Å²) in [6.07, 6.45) is 0. The monoisotopic (exact) mass is 404 g/mol. The molecule has 0 unspecified atom stereocenters. The SMILES string of the molecule is C[I-]c1c(N)c(N)c(N)c(C)c1I. The second kappa shape index (κ2) is 4.07. The van der Waals surface area contributed by atoms with Crippen molar-refractivity contribution in [1.29, 1.82) is 0 Å². The van der Waals surface area contributed by atoms with Gasteiger partial charge in [-0.2, -0.15) is 0 Å². The minimum atomic E-state index is -0.0484. The van der Waals surface area contributed by atoms with Crippen molar-refractivity contribution in [3.63, 3.8) is 0 Å². The van der Waals surface area contributed by atoms with Crippen LogP contribution in [0.2, 0.25) is 0 Å². The van der Waals surface area contributed by atoms with Gasteiger partial charge in [0.25, 0.3) is 0 Å². The first-order valence-corrected chi connectivity index (χ1v) is 7.94. The van der Waals surface area contributed by atoms with E-state index in [2.05, 4.69) is 27.5 Å². The minimum absolute atomic E-state index is 0.0484. The molecule has 1 aromatic rings. The van der Waals surface area contributed by atoms with E-state index in [9.17, 15) is 0 Å². The van der Waals surface area contributed by atoms with Gasteiger partial charge in [0.05, 0.1) is 0 Å². The number of rotatable bonds is 1. The van der Waals surface area contributed by atoms with Crippen molar-refractivity contribution < 1.29 is 21.2 Å². The van der Waals surface area contributed by atoms with Gasteiger partial charge in [0.2, 0.25) is 0 Å². The first-order valence-electron chi connectivity index (χ1n) is 3.62. The molecule has 0 aromatic heterocycles. The summed E-state index contributed by atoms with van der Waals surface area (Å²) in [5.41, 5.74) is 20.4. The molecule has 0 aliphatic heterocycles. The van der Waals surface area contributed by atoms with Gasteiger partial charge in [-0.25, -0.2) is 0 Å². The molecule has 5 heteroatoms. The topological polar surface area (TPSA) is 78.1 Å². The fourth-order valence-corrected chi connectivity index (χ4v) is 4.75. The molecule has 0 amide bonds. The molecule has 3 nitrogen and oxygen atoms in total. The van der Waals surface area contributed by atoms with Gasteiger partial charge in [-0.05, 0) is 0 Å². The van der Waals surface area contributed by atoms with Crippen LogP contribution in [0.15, 0.2) is 0 Å². The van der Waals surface area contributed by atoms with Crippen molar-refractivity contribution in [3.05, 3.63) is 12.7 Å². The van der Waals surface area contributed by atoms with E-state index in [0.29, 0.717) is 17.1 Å². The summed E-state index contributed by atoms with van der Waals surface area (Å²) in [6, 6.07) is 0. The van der Waals surface area contributed by atoms with Gasteiger partial charge in [-0.1, -0.05) is 0 Å². The number of benzene rings is 1. The van der Waals surface area contributed by atoms with Crippen LogP contribution >= 0.6 is 22.6 Å². The second-order valence-electron chi connectivity index (χ2n) is 2.68. The molecule has 0 saturated heterocycles. The van der Waals surface area contributed by atoms with Gasteiger partial charge < -0.3 is 0 Å². The van der Waals surface area contributed by atoms with Crippen LogP contribution in [0.25, 0.3) is 0 Å². The molecule has 0 heterocycles. The van der Waals surface area contributed by atoms with Gasteiger partial charge in [0.15, 0.2) is 0 Å². The third-order valence-electron chi connectivity index (χ3n) is 1.93. The first-order chi connectivity index (χ1) is 6.00. The van der Waals surface area contributed by atoms with E-state index in [-0.39, 0.29) is 21.2 Å². The van der Waals surface area contributed by atoms with E-state index in [1.54, 1.807) is 0 Å². The van der Waals surface area contributed by atoms with Gasteiger partial charge in [-0.3, -0.25) is 0 Å². The summed E-state index contributed by atoms with van der Waals surface area (Å²) < 4.78 is 2.39. The van der Waals surface area contributed by atoms with Crippen molar-refractivity contribution in [2.24, 2.45) is 0 Å². The molecule has 0 atom stereocenters. The van der Waals surface area contributed by atoms with Crippen LogP contribution in [0.5, 0.6) is 0 Å². The van der Waals surface area contributed by atoms with Crippen LogP contribution < -0.4 is 38.4 Å². The Hall–Kier alpha value is 0.0800. The van der Waals surface area contributed by atoms with E-state index in [1.165, 1.54) is 7.14 Å². The Kier molecular flexibility index (Phi) is 3.50. The van der Waals surface area contributed by atoms with Gasteiger partial charge in [0.1, 0.15) is 0 Å². The Morgan fingerprint density at radius 2 is 1.62 bits per heavy atom. The van der Waals surface area contributed by atoms with Crippen LogP contribution in [0.1, 0.15) is 5.56 Å². The molecular weight excluding hydrogens is 392 g/mol. The Bertz CT molecular complexity index is 321. The molecule has 0 spiro atoms. The summed E-state index contributed by atoms with van der Waals surface area (Å²) in [6.45, 7) is 1.98. The van der Waals surface area contributed by atoms with Crippen LogP contribution in [-0.2, 0) is 0 Å². The van der Waals surface area contributed by atoms with E-state index >= 15 is 0 Å². The fourth-order valence-electron chi connectivity index (χ4n) is 1.05. The van der Waals surface area contributed by atoms with Gasteiger partial charge in [0, 0.05) is 0 Å². The molecule has 1 aromatic carbocycles.